The normalized spacial score (nSPS) is 22.1. The van der Waals surface area contributed by atoms with Crippen molar-refractivity contribution in [2.24, 2.45) is 0 Å². The lowest BCUT2D eigenvalue weighted by Gasteiger charge is -2.54. The number of benzene rings is 3. The van der Waals surface area contributed by atoms with Gasteiger partial charge in [-0.25, -0.2) is 12.8 Å². The Balaban J connectivity index is 1.32. The maximum Gasteiger partial charge on any atom is 0.253 e. The molecule has 3 aliphatic rings. The number of carbonyl (C=O) groups is 1. The van der Waals surface area contributed by atoms with Crippen LogP contribution < -0.4 is 5.32 Å². The molecule has 3 aromatic carbocycles. The molecule has 8 heteroatoms. The van der Waals surface area contributed by atoms with Crippen LogP contribution in [-0.2, 0) is 10.0 Å². The Kier molecular flexibility index (Phi) is 5.75. The number of piperidine rings is 1. The molecule has 0 spiro atoms. The van der Waals surface area contributed by atoms with E-state index in [0.29, 0.717) is 18.7 Å². The zero-order chi connectivity index (χ0) is 24.0. The van der Waals surface area contributed by atoms with Gasteiger partial charge >= 0.3 is 0 Å². The van der Waals surface area contributed by atoms with E-state index in [2.05, 4.69) is 17.4 Å². The first-order valence-electron chi connectivity index (χ1n) is 11.2. The molecule has 3 atom stereocenters. The number of halogens is 1. The zero-order valence-electron chi connectivity index (χ0n) is 19.0. The van der Waals surface area contributed by atoms with Crippen LogP contribution in [0.4, 0.5) is 4.39 Å². The Morgan fingerprint density at radius 1 is 0.941 bits per heavy atom. The van der Waals surface area contributed by atoms with Gasteiger partial charge in [0.15, 0.2) is 0 Å². The highest BCUT2D eigenvalue weighted by Crippen LogP contribution is 2.39. The summed E-state index contributed by atoms with van der Waals surface area (Å²) in [6, 6.07) is 21.2. The van der Waals surface area contributed by atoms with E-state index in [1.807, 2.05) is 36.4 Å². The second-order valence-electron chi connectivity index (χ2n) is 9.06. The molecule has 0 radical (unpaired) electrons. The van der Waals surface area contributed by atoms with Gasteiger partial charge < -0.3 is 10.2 Å². The average molecular weight is 480 g/mol. The SMILES string of the molecule is CN(C)C(=O)c1cccc(-c2ccc(C3[C@@H]4CN(S(=O)(=O)c5ccccc5F)C[C@H]3N4)cc2)c1. The largest absolute Gasteiger partial charge is 0.345 e. The van der Waals surface area contributed by atoms with Crippen molar-refractivity contribution in [3.63, 3.8) is 0 Å². The van der Waals surface area contributed by atoms with Gasteiger partial charge in [-0.2, -0.15) is 4.31 Å². The molecule has 176 valence electrons. The number of piperazine rings is 1. The summed E-state index contributed by atoms with van der Waals surface area (Å²) < 4.78 is 41.5. The Hall–Kier alpha value is -3.07. The first-order valence-corrected chi connectivity index (χ1v) is 12.6. The van der Waals surface area contributed by atoms with Crippen molar-refractivity contribution in [1.29, 1.82) is 0 Å². The summed E-state index contributed by atoms with van der Waals surface area (Å²) >= 11 is 0. The summed E-state index contributed by atoms with van der Waals surface area (Å²) in [5.74, 6) is -0.567. The summed E-state index contributed by atoms with van der Waals surface area (Å²) in [4.78, 5) is 13.6. The van der Waals surface area contributed by atoms with Crippen molar-refractivity contribution in [3.8, 4) is 11.1 Å². The monoisotopic (exact) mass is 479 g/mol. The maximum absolute atomic E-state index is 14.1. The summed E-state index contributed by atoms with van der Waals surface area (Å²) in [5, 5.41) is 3.43. The van der Waals surface area contributed by atoms with Crippen molar-refractivity contribution in [3.05, 3.63) is 89.7 Å². The van der Waals surface area contributed by atoms with Crippen LogP contribution in [0.1, 0.15) is 21.8 Å². The van der Waals surface area contributed by atoms with E-state index in [0.717, 1.165) is 16.7 Å². The van der Waals surface area contributed by atoms with Crippen LogP contribution in [0.5, 0.6) is 0 Å². The lowest BCUT2D eigenvalue weighted by atomic mass is 9.75. The maximum atomic E-state index is 14.1. The van der Waals surface area contributed by atoms with Crippen LogP contribution in [0.15, 0.2) is 77.7 Å². The highest BCUT2D eigenvalue weighted by molar-refractivity contribution is 7.89. The van der Waals surface area contributed by atoms with Gasteiger partial charge in [-0.1, -0.05) is 48.5 Å². The Bertz CT molecular complexity index is 1330. The number of hydrogen-bond acceptors (Lipinski definition) is 4. The minimum atomic E-state index is -3.87. The van der Waals surface area contributed by atoms with Crippen LogP contribution in [0, 0.1) is 5.82 Å². The molecular formula is C26H26FN3O3S. The molecular weight excluding hydrogens is 453 g/mol. The quantitative estimate of drug-likeness (QED) is 0.610. The topological polar surface area (TPSA) is 69.7 Å². The Morgan fingerprint density at radius 3 is 2.26 bits per heavy atom. The number of nitrogens with one attached hydrogen (secondary N) is 1. The predicted octanol–water partition coefficient (Wildman–Crippen LogP) is 3.32. The van der Waals surface area contributed by atoms with Gasteiger partial charge in [0.1, 0.15) is 10.7 Å². The molecule has 0 saturated carbocycles. The molecule has 1 amide bonds. The molecule has 3 fully saturated rings. The fourth-order valence-electron chi connectivity index (χ4n) is 4.93. The van der Waals surface area contributed by atoms with E-state index in [-0.39, 0.29) is 28.8 Å². The first kappa shape index (κ1) is 22.7. The molecule has 3 heterocycles. The average Bonchev–Trinajstić information content (AvgIpc) is 2.84. The van der Waals surface area contributed by atoms with Crippen molar-refractivity contribution in [2.45, 2.75) is 22.9 Å². The zero-order valence-corrected chi connectivity index (χ0v) is 19.8. The summed E-state index contributed by atoms with van der Waals surface area (Å²) in [7, 11) is -0.409. The van der Waals surface area contributed by atoms with Crippen molar-refractivity contribution in [2.75, 3.05) is 27.2 Å². The van der Waals surface area contributed by atoms with Gasteiger partial charge in [0, 0.05) is 50.7 Å². The Labute approximate surface area is 199 Å². The van der Waals surface area contributed by atoms with Crippen molar-refractivity contribution in [1.82, 2.24) is 14.5 Å². The highest BCUT2D eigenvalue weighted by Gasteiger charge is 2.50. The van der Waals surface area contributed by atoms with Crippen LogP contribution in [0.25, 0.3) is 11.1 Å². The van der Waals surface area contributed by atoms with Crippen LogP contribution in [-0.4, -0.2) is 62.8 Å². The molecule has 2 bridgehead atoms. The van der Waals surface area contributed by atoms with E-state index in [4.69, 9.17) is 0 Å². The third kappa shape index (κ3) is 3.91. The van der Waals surface area contributed by atoms with Gasteiger partial charge in [0.25, 0.3) is 5.91 Å². The Morgan fingerprint density at radius 2 is 1.62 bits per heavy atom. The van der Waals surface area contributed by atoms with Crippen molar-refractivity contribution < 1.29 is 17.6 Å². The molecule has 34 heavy (non-hydrogen) atoms. The molecule has 3 saturated heterocycles. The van der Waals surface area contributed by atoms with E-state index < -0.39 is 15.8 Å². The summed E-state index contributed by atoms with van der Waals surface area (Å²) in [6.45, 7) is 0.600. The number of rotatable bonds is 5. The number of carbonyl (C=O) groups excluding carboxylic acids is 1. The highest BCUT2D eigenvalue weighted by atomic mass is 32.2. The molecule has 1 unspecified atom stereocenters. The van der Waals surface area contributed by atoms with Crippen molar-refractivity contribution >= 4 is 15.9 Å². The standard InChI is InChI=1S/C26H26FN3O3S/c1-29(2)26(31)20-7-5-6-19(14-20)17-10-12-18(13-11-17)25-22-15-30(16-23(25)28-22)34(32,33)24-9-4-3-8-21(24)27/h3-14,22-23,25,28H,15-16H2,1-2H3/t22-,23+,25?. The molecule has 0 aliphatic carbocycles. The first-order chi connectivity index (χ1) is 16.3. The molecule has 0 aromatic heterocycles. The van der Waals surface area contributed by atoms with Gasteiger partial charge in [-0.15, -0.1) is 0 Å². The van der Waals surface area contributed by atoms with E-state index >= 15 is 0 Å². The van der Waals surface area contributed by atoms with E-state index in [1.165, 1.54) is 28.6 Å². The molecule has 3 aromatic rings. The summed E-state index contributed by atoms with van der Waals surface area (Å²) in [6.07, 6.45) is 0. The van der Waals surface area contributed by atoms with Gasteiger partial charge in [-0.3, -0.25) is 4.79 Å². The summed E-state index contributed by atoms with van der Waals surface area (Å²) in [5.41, 5.74) is 3.76. The second-order valence-corrected chi connectivity index (χ2v) is 11.0. The fourth-order valence-corrected chi connectivity index (χ4v) is 6.49. The third-order valence-corrected chi connectivity index (χ3v) is 8.56. The lowest BCUT2D eigenvalue weighted by molar-refractivity contribution is 0.0827. The second kappa shape index (κ2) is 8.61. The molecule has 6 rings (SSSR count). The fraction of sp³-hybridized carbons (Fsp3) is 0.269. The molecule has 3 aliphatic heterocycles. The van der Waals surface area contributed by atoms with E-state index in [9.17, 15) is 17.6 Å². The molecule has 6 nitrogen and oxygen atoms in total. The third-order valence-electron chi connectivity index (χ3n) is 6.69. The van der Waals surface area contributed by atoms with Gasteiger partial charge in [0.2, 0.25) is 10.0 Å². The van der Waals surface area contributed by atoms with Crippen LogP contribution in [0.2, 0.25) is 0 Å². The minimum Gasteiger partial charge on any atom is -0.345 e. The van der Waals surface area contributed by atoms with Crippen LogP contribution >= 0.6 is 0 Å². The van der Waals surface area contributed by atoms with Crippen LogP contribution in [0.3, 0.4) is 0 Å². The predicted molar refractivity (Wildman–Crippen MR) is 129 cm³/mol. The van der Waals surface area contributed by atoms with Gasteiger partial charge in [0.05, 0.1) is 0 Å². The number of amides is 1. The number of fused-ring (bicyclic) bond motifs is 2. The minimum absolute atomic E-state index is 0.0211. The number of nitrogens with zero attached hydrogens (tertiary/aromatic N) is 2. The molecule has 1 N–H and O–H groups in total. The lowest BCUT2D eigenvalue weighted by Crippen LogP contribution is -2.72. The number of hydrogen-bond donors (Lipinski definition) is 1. The van der Waals surface area contributed by atoms with Gasteiger partial charge in [-0.05, 0) is 41.0 Å². The van der Waals surface area contributed by atoms with E-state index in [1.54, 1.807) is 19.0 Å². The smallest absolute Gasteiger partial charge is 0.253 e. The number of sulfonamides is 1.